The highest BCUT2D eigenvalue weighted by Crippen LogP contribution is 2.12. The van der Waals surface area contributed by atoms with Gasteiger partial charge in [-0.3, -0.25) is 0 Å². The normalized spacial score (nSPS) is 11.7. The van der Waals surface area contributed by atoms with Crippen molar-refractivity contribution in [3.8, 4) is 0 Å². The van der Waals surface area contributed by atoms with Crippen LogP contribution in [0.5, 0.6) is 0 Å². The summed E-state index contributed by atoms with van der Waals surface area (Å²) in [5.74, 6) is 0. The molecule has 0 rings (SSSR count). The van der Waals surface area contributed by atoms with Gasteiger partial charge in [-0.15, -0.1) is 6.58 Å². The van der Waals surface area contributed by atoms with E-state index in [1.807, 2.05) is 0 Å². The molecule has 4 heteroatoms. The summed E-state index contributed by atoms with van der Waals surface area (Å²) in [6, 6.07) is 0. The highest BCUT2D eigenvalue weighted by Gasteiger charge is 2.27. The number of aliphatic hydroxyl groups is 2. The molecule has 0 fully saturated rings. The molecule has 0 atom stereocenters. The molecule has 0 saturated heterocycles. The predicted molar refractivity (Wildman–Crippen MR) is 62.8 cm³/mol. The number of hydrogen-bond acceptors (Lipinski definition) is 4. The third kappa shape index (κ3) is 5.89. The van der Waals surface area contributed by atoms with Crippen molar-refractivity contribution in [1.82, 2.24) is 10.6 Å². The molecule has 0 aromatic heterocycles. The molecule has 0 saturated carbocycles. The molecular formula is C11H24N2O2. The van der Waals surface area contributed by atoms with Crippen molar-refractivity contribution in [2.45, 2.75) is 13.3 Å². The Kier molecular flexibility index (Phi) is 8.61. The summed E-state index contributed by atoms with van der Waals surface area (Å²) in [5, 5.41) is 25.0. The fraction of sp³-hybridized carbons (Fsp3) is 0.818. The van der Waals surface area contributed by atoms with E-state index in [1.54, 1.807) is 6.08 Å². The Morgan fingerprint density at radius 3 is 2.27 bits per heavy atom. The standard InChI is InChI=1S/C11H24N2O2/c1-3-5-12-7-11(9-14,10-15)8-13-6-4-2/h3,12-15H,1,4-10H2,2H3. The molecular weight excluding hydrogens is 192 g/mol. The molecule has 0 aliphatic rings. The van der Waals surface area contributed by atoms with Gasteiger partial charge in [-0.05, 0) is 13.0 Å². The van der Waals surface area contributed by atoms with E-state index < -0.39 is 5.41 Å². The zero-order valence-corrected chi connectivity index (χ0v) is 9.63. The lowest BCUT2D eigenvalue weighted by Gasteiger charge is -2.30. The van der Waals surface area contributed by atoms with Crippen LogP contribution in [-0.4, -0.2) is 49.6 Å². The maximum absolute atomic E-state index is 9.31. The summed E-state index contributed by atoms with van der Waals surface area (Å²) in [7, 11) is 0. The molecule has 0 aliphatic carbocycles. The molecule has 15 heavy (non-hydrogen) atoms. The Morgan fingerprint density at radius 1 is 1.20 bits per heavy atom. The largest absolute Gasteiger partial charge is 0.396 e. The van der Waals surface area contributed by atoms with E-state index in [9.17, 15) is 10.2 Å². The fourth-order valence-corrected chi connectivity index (χ4v) is 1.31. The lowest BCUT2D eigenvalue weighted by Crippen LogP contribution is -2.47. The molecule has 0 aromatic carbocycles. The van der Waals surface area contributed by atoms with Crippen molar-refractivity contribution in [3.63, 3.8) is 0 Å². The van der Waals surface area contributed by atoms with Crippen LogP contribution in [0.1, 0.15) is 13.3 Å². The summed E-state index contributed by atoms with van der Waals surface area (Å²) < 4.78 is 0. The highest BCUT2D eigenvalue weighted by molar-refractivity contribution is 4.84. The van der Waals surface area contributed by atoms with Crippen LogP contribution in [0.25, 0.3) is 0 Å². The third-order valence-electron chi connectivity index (χ3n) is 2.39. The van der Waals surface area contributed by atoms with Crippen LogP contribution < -0.4 is 10.6 Å². The predicted octanol–water partition coefficient (Wildman–Crippen LogP) is -0.267. The van der Waals surface area contributed by atoms with Gasteiger partial charge >= 0.3 is 0 Å². The maximum Gasteiger partial charge on any atom is 0.0533 e. The molecule has 0 heterocycles. The van der Waals surface area contributed by atoms with Crippen molar-refractivity contribution in [2.24, 2.45) is 5.41 Å². The van der Waals surface area contributed by atoms with E-state index in [2.05, 4.69) is 24.1 Å². The second kappa shape index (κ2) is 8.85. The fourth-order valence-electron chi connectivity index (χ4n) is 1.31. The minimum absolute atomic E-state index is 0.0235. The van der Waals surface area contributed by atoms with Gasteiger partial charge in [-0.2, -0.15) is 0 Å². The molecule has 90 valence electrons. The summed E-state index contributed by atoms with van der Waals surface area (Å²) in [6.07, 6.45) is 2.81. The monoisotopic (exact) mass is 216 g/mol. The summed E-state index contributed by atoms with van der Waals surface area (Å²) in [4.78, 5) is 0. The lowest BCUT2D eigenvalue weighted by molar-refractivity contribution is 0.0551. The second-order valence-corrected chi connectivity index (χ2v) is 3.91. The smallest absolute Gasteiger partial charge is 0.0533 e. The first kappa shape index (κ1) is 14.6. The number of hydrogen-bond donors (Lipinski definition) is 4. The highest BCUT2D eigenvalue weighted by atomic mass is 16.3. The van der Waals surface area contributed by atoms with Crippen LogP contribution in [0.4, 0.5) is 0 Å². The average Bonchev–Trinajstić information content (AvgIpc) is 2.28. The van der Waals surface area contributed by atoms with Crippen LogP contribution in [0.3, 0.4) is 0 Å². The van der Waals surface area contributed by atoms with E-state index in [-0.39, 0.29) is 13.2 Å². The van der Waals surface area contributed by atoms with Crippen molar-refractivity contribution < 1.29 is 10.2 Å². The minimum Gasteiger partial charge on any atom is -0.396 e. The first-order valence-electron chi connectivity index (χ1n) is 5.48. The van der Waals surface area contributed by atoms with E-state index in [0.29, 0.717) is 19.6 Å². The van der Waals surface area contributed by atoms with Gasteiger partial charge in [0.25, 0.3) is 0 Å². The number of nitrogens with one attached hydrogen (secondary N) is 2. The van der Waals surface area contributed by atoms with Gasteiger partial charge < -0.3 is 20.8 Å². The van der Waals surface area contributed by atoms with Gasteiger partial charge in [0.1, 0.15) is 0 Å². The van der Waals surface area contributed by atoms with Crippen LogP contribution in [-0.2, 0) is 0 Å². The Morgan fingerprint density at radius 2 is 1.80 bits per heavy atom. The SMILES string of the molecule is C=CCNCC(CO)(CO)CNCCC. The summed E-state index contributed by atoms with van der Waals surface area (Å²) in [6.45, 7) is 8.45. The summed E-state index contributed by atoms with van der Waals surface area (Å²) >= 11 is 0. The molecule has 0 spiro atoms. The topological polar surface area (TPSA) is 64.5 Å². The molecule has 0 radical (unpaired) electrons. The van der Waals surface area contributed by atoms with E-state index in [4.69, 9.17) is 0 Å². The molecule has 0 aliphatic heterocycles. The first-order valence-corrected chi connectivity index (χ1v) is 5.48. The zero-order valence-electron chi connectivity index (χ0n) is 9.63. The molecule has 0 amide bonds. The van der Waals surface area contributed by atoms with E-state index >= 15 is 0 Å². The van der Waals surface area contributed by atoms with Crippen LogP contribution >= 0.6 is 0 Å². The maximum atomic E-state index is 9.31. The molecule has 0 bridgehead atoms. The van der Waals surface area contributed by atoms with Crippen LogP contribution in [0, 0.1) is 5.41 Å². The lowest BCUT2D eigenvalue weighted by atomic mass is 9.90. The van der Waals surface area contributed by atoms with Gasteiger partial charge in [0, 0.05) is 25.0 Å². The average molecular weight is 216 g/mol. The van der Waals surface area contributed by atoms with Gasteiger partial charge in [-0.1, -0.05) is 13.0 Å². The Bertz CT molecular complexity index is 159. The Labute approximate surface area is 92.4 Å². The molecule has 4 N–H and O–H groups in total. The van der Waals surface area contributed by atoms with E-state index in [0.717, 1.165) is 13.0 Å². The van der Waals surface area contributed by atoms with Crippen molar-refractivity contribution >= 4 is 0 Å². The minimum atomic E-state index is -0.474. The Hall–Kier alpha value is -0.420. The van der Waals surface area contributed by atoms with E-state index in [1.165, 1.54) is 0 Å². The number of rotatable bonds is 10. The summed E-state index contributed by atoms with van der Waals surface area (Å²) in [5.41, 5.74) is -0.474. The van der Waals surface area contributed by atoms with Gasteiger partial charge in [0.2, 0.25) is 0 Å². The van der Waals surface area contributed by atoms with Crippen molar-refractivity contribution in [2.75, 3.05) is 39.4 Å². The van der Waals surface area contributed by atoms with Gasteiger partial charge in [0.15, 0.2) is 0 Å². The molecule has 0 aromatic rings. The van der Waals surface area contributed by atoms with Crippen molar-refractivity contribution in [1.29, 1.82) is 0 Å². The van der Waals surface area contributed by atoms with Gasteiger partial charge in [-0.25, -0.2) is 0 Å². The first-order chi connectivity index (χ1) is 7.24. The van der Waals surface area contributed by atoms with Crippen molar-refractivity contribution in [3.05, 3.63) is 12.7 Å². The molecule has 0 unspecified atom stereocenters. The Balaban J connectivity index is 3.98. The molecule has 4 nitrogen and oxygen atoms in total. The number of aliphatic hydroxyl groups excluding tert-OH is 2. The van der Waals surface area contributed by atoms with Gasteiger partial charge in [0.05, 0.1) is 13.2 Å². The van der Waals surface area contributed by atoms with Crippen LogP contribution in [0.15, 0.2) is 12.7 Å². The third-order valence-corrected chi connectivity index (χ3v) is 2.39. The second-order valence-electron chi connectivity index (χ2n) is 3.91. The quantitative estimate of drug-likeness (QED) is 0.300. The zero-order chi connectivity index (χ0) is 11.6. The van der Waals surface area contributed by atoms with Crippen LogP contribution in [0.2, 0.25) is 0 Å².